The van der Waals surface area contributed by atoms with Crippen LogP contribution in [-0.2, 0) is 6.54 Å². The maximum absolute atomic E-state index is 13.5. The Morgan fingerprint density at radius 2 is 2.08 bits per heavy atom. The summed E-state index contributed by atoms with van der Waals surface area (Å²) in [5, 5.41) is 4.32. The summed E-state index contributed by atoms with van der Waals surface area (Å²) < 4.78 is 16.0. The van der Waals surface area contributed by atoms with Crippen LogP contribution in [-0.4, -0.2) is 14.8 Å². The number of nitrogens with two attached hydrogens (primary N) is 1. The van der Waals surface area contributed by atoms with E-state index in [1.165, 1.54) is 12.1 Å². The molecule has 0 radical (unpaired) electrons. The van der Waals surface area contributed by atoms with Gasteiger partial charge in [-0.25, -0.2) is 9.37 Å². The maximum atomic E-state index is 13.5. The Kier molecular flexibility index (Phi) is 4.84. The van der Waals surface area contributed by atoms with E-state index in [-0.39, 0.29) is 5.02 Å². The van der Waals surface area contributed by atoms with E-state index in [0.29, 0.717) is 18.1 Å². The highest BCUT2D eigenvalue weighted by molar-refractivity contribution is 9.10. The predicted octanol–water partition coefficient (Wildman–Crippen LogP) is 3.86. The highest BCUT2D eigenvalue weighted by Crippen LogP contribution is 2.17. The molecule has 0 fully saturated rings. The Bertz CT molecular complexity index is 959. The van der Waals surface area contributed by atoms with E-state index in [2.05, 4.69) is 37.9 Å². The van der Waals surface area contributed by atoms with Crippen LogP contribution in [0.15, 0.2) is 47.2 Å². The molecule has 0 aliphatic carbocycles. The molecular weight excluding hydrogens is 395 g/mol. The van der Waals surface area contributed by atoms with E-state index in [0.717, 1.165) is 15.6 Å². The summed E-state index contributed by atoms with van der Waals surface area (Å²) in [7, 11) is 0. The molecule has 0 aliphatic rings. The van der Waals surface area contributed by atoms with E-state index in [9.17, 15) is 4.39 Å². The van der Waals surface area contributed by atoms with Crippen molar-refractivity contribution in [1.29, 1.82) is 0 Å². The van der Waals surface area contributed by atoms with Crippen molar-refractivity contribution in [2.45, 2.75) is 6.54 Å². The molecule has 2 N–H and O–H groups in total. The van der Waals surface area contributed by atoms with Gasteiger partial charge in [-0.15, -0.1) is 0 Å². The van der Waals surface area contributed by atoms with Crippen LogP contribution in [0.4, 0.5) is 10.2 Å². The van der Waals surface area contributed by atoms with Gasteiger partial charge in [-0.3, -0.25) is 4.68 Å². The third-order valence-electron chi connectivity index (χ3n) is 3.23. The molecule has 0 unspecified atom stereocenters. The molecule has 0 bridgehead atoms. The molecule has 120 valence electrons. The van der Waals surface area contributed by atoms with Crippen molar-refractivity contribution in [1.82, 2.24) is 14.8 Å². The number of pyridine rings is 1. The molecule has 24 heavy (non-hydrogen) atoms. The molecule has 0 saturated heterocycles. The van der Waals surface area contributed by atoms with Gasteiger partial charge in [-0.05, 0) is 51.7 Å². The lowest BCUT2D eigenvalue weighted by atomic mass is 10.2. The normalized spacial score (nSPS) is 10.3. The first-order valence-corrected chi connectivity index (χ1v) is 8.09. The molecule has 0 aliphatic heterocycles. The minimum atomic E-state index is -0.454. The molecule has 0 atom stereocenters. The third-order valence-corrected chi connectivity index (χ3v) is 4.17. The van der Waals surface area contributed by atoms with Gasteiger partial charge in [0.15, 0.2) is 0 Å². The Balaban J connectivity index is 1.87. The van der Waals surface area contributed by atoms with Crippen molar-refractivity contribution in [3.63, 3.8) is 0 Å². The number of anilines is 1. The van der Waals surface area contributed by atoms with Crippen LogP contribution in [0.5, 0.6) is 0 Å². The van der Waals surface area contributed by atoms with Gasteiger partial charge in [-0.2, -0.15) is 5.10 Å². The summed E-state index contributed by atoms with van der Waals surface area (Å²) in [6.07, 6.45) is 3.25. The minimum Gasteiger partial charge on any atom is -0.384 e. The molecule has 2 aromatic heterocycles. The molecule has 2 heterocycles. The SMILES string of the molecule is Nc1cc(C#Cc2ccnn2Cc2ccc(Cl)c(F)c2)c(Br)cn1. The Hall–Kier alpha value is -2.36. The fourth-order valence-corrected chi connectivity index (χ4v) is 2.49. The third kappa shape index (κ3) is 3.75. The first-order valence-electron chi connectivity index (χ1n) is 6.92. The smallest absolute Gasteiger partial charge is 0.142 e. The van der Waals surface area contributed by atoms with E-state index in [1.54, 1.807) is 35.3 Å². The molecule has 1 aromatic carbocycles. The van der Waals surface area contributed by atoms with E-state index < -0.39 is 5.82 Å². The molecule has 3 aromatic rings. The predicted molar refractivity (Wildman–Crippen MR) is 95.1 cm³/mol. The number of aromatic nitrogens is 3. The summed E-state index contributed by atoms with van der Waals surface area (Å²) in [4.78, 5) is 3.97. The fraction of sp³-hybridized carbons (Fsp3) is 0.0588. The van der Waals surface area contributed by atoms with Gasteiger partial charge >= 0.3 is 0 Å². The largest absolute Gasteiger partial charge is 0.384 e. The second kappa shape index (κ2) is 7.04. The van der Waals surface area contributed by atoms with Crippen LogP contribution in [0.3, 0.4) is 0 Å². The number of halogens is 3. The highest BCUT2D eigenvalue weighted by atomic mass is 79.9. The van der Waals surface area contributed by atoms with Gasteiger partial charge in [-0.1, -0.05) is 23.6 Å². The van der Waals surface area contributed by atoms with Gasteiger partial charge < -0.3 is 5.73 Å². The summed E-state index contributed by atoms with van der Waals surface area (Å²) in [6, 6.07) is 8.15. The van der Waals surface area contributed by atoms with Crippen molar-refractivity contribution in [2.75, 3.05) is 5.73 Å². The first kappa shape index (κ1) is 16.5. The summed E-state index contributed by atoms with van der Waals surface area (Å²) >= 11 is 9.08. The van der Waals surface area contributed by atoms with Crippen LogP contribution >= 0.6 is 27.5 Å². The first-order chi connectivity index (χ1) is 11.5. The summed E-state index contributed by atoms with van der Waals surface area (Å²) in [5.74, 6) is 6.01. The lowest BCUT2D eigenvalue weighted by Crippen LogP contribution is -2.04. The van der Waals surface area contributed by atoms with Crippen molar-refractivity contribution < 1.29 is 4.39 Å². The highest BCUT2D eigenvalue weighted by Gasteiger charge is 2.05. The van der Waals surface area contributed by atoms with Gasteiger partial charge in [0.1, 0.15) is 17.3 Å². The number of hydrogen-bond donors (Lipinski definition) is 1. The van der Waals surface area contributed by atoms with Crippen LogP contribution in [0.1, 0.15) is 16.8 Å². The zero-order valence-corrected chi connectivity index (χ0v) is 14.6. The van der Waals surface area contributed by atoms with Crippen molar-refractivity contribution >= 4 is 33.3 Å². The van der Waals surface area contributed by atoms with E-state index in [1.807, 2.05) is 0 Å². The molecule has 7 heteroatoms. The topological polar surface area (TPSA) is 56.7 Å². The van der Waals surface area contributed by atoms with E-state index in [4.69, 9.17) is 17.3 Å². The zero-order valence-electron chi connectivity index (χ0n) is 12.3. The standard InChI is InChI=1S/C17H11BrClFN4/c18-14-9-22-17(21)8-12(14)2-3-13-5-6-23-24(13)10-11-1-4-15(19)16(20)7-11/h1,4-9H,10H2,(H2,21,22). The molecule has 4 nitrogen and oxygen atoms in total. The zero-order chi connectivity index (χ0) is 17.1. The molecule has 0 saturated carbocycles. The lowest BCUT2D eigenvalue weighted by molar-refractivity contribution is 0.619. The summed E-state index contributed by atoms with van der Waals surface area (Å²) in [5.41, 5.74) is 7.85. The quantitative estimate of drug-likeness (QED) is 0.659. The number of rotatable bonds is 2. The Morgan fingerprint density at radius 3 is 2.88 bits per heavy atom. The average molecular weight is 406 g/mol. The minimum absolute atomic E-state index is 0.0966. The number of nitrogen functional groups attached to an aromatic ring is 1. The van der Waals surface area contributed by atoms with Gasteiger partial charge in [0.25, 0.3) is 0 Å². The molecule has 3 rings (SSSR count). The van der Waals surface area contributed by atoms with Crippen LogP contribution in [0.2, 0.25) is 5.02 Å². The average Bonchev–Trinajstić information content (AvgIpc) is 2.99. The maximum Gasteiger partial charge on any atom is 0.142 e. The Morgan fingerprint density at radius 1 is 1.25 bits per heavy atom. The Labute approximate surface area is 151 Å². The monoisotopic (exact) mass is 404 g/mol. The number of benzene rings is 1. The fourth-order valence-electron chi connectivity index (χ4n) is 2.06. The molecule has 0 spiro atoms. The number of hydrogen-bond acceptors (Lipinski definition) is 3. The second-order valence-electron chi connectivity index (χ2n) is 4.96. The summed E-state index contributed by atoms with van der Waals surface area (Å²) in [6.45, 7) is 0.394. The van der Waals surface area contributed by atoms with Crippen LogP contribution < -0.4 is 5.73 Å². The van der Waals surface area contributed by atoms with Gasteiger partial charge in [0, 0.05) is 11.8 Å². The van der Waals surface area contributed by atoms with E-state index >= 15 is 0 Å². The molecular formula is C17H11BrClFN4. The van der Waals surface area contributed by atoms with Crippen LogP contribution in [0, 0.1) is 17.7 Å². The van der Waals surface area contributed by atoms with Crippen molar-refractivity contribution in [3.05, 3.63) is 74.9 Å². The van der Waals surface area contributed by atoms with Gasteiger partial charge in [0.05, 0.1) is 22.2 Å². The lowest BCUT2D eigenvalue weighted by Gasteiger charge is -2.05. The van der Waals surface area contributed by atoms with Crippen LogP contribution in [0.25, 0.3) is 0 Å². The molecule has 0 amide bonds. The number of nitrogens with zero attached hydrogens (tertiary/aromatic N) is 3. The van der Waals surface area contributed by atoms with Crippen molar-refractivity contribution in [3.8, 4) is 11.8 Å². The van der Waals surface area contributed by atoms with Crippen molar-refractivity contribution in [2.24, 2.45) is 0 Å². The second-order valence-corrected chi connectivity index (χ2v) is 6.22. The van der Waals surface area contributed by atoms with Gasteiger partial charge in [0.2, 0.25) is 0 Å².